The molecule has 3 fully saturated rings. The minimum Gasteiger partial charge on any atom is -0.497 e. The van der Waals surface area contributed by atoms with Crippen LogP contribution in [0.5, 0.6) is 11.5 Å². The number of hydrogen-bond donors (Lipinski definition) is 1. The SMILES string of the molecule is COc1cc(OC)cc(-c2cc(CCCCC(=O)[C@H](Cc3cn(C(c4ccccc4)(c4ccccc4)c4ccccc4)cn3)NC(=O)OCC3c4ccccc4-c4ccccc43)c(/C=C3\SC(=S)N(C4CC5CCC4C5)C3=O)o2)c1. The maximum Gasteiger partial charge on any atom is 0.407 e. The van der Waals surface area contributed by atoms with Crippen molar-refractivity contribution in [3.63, 3.8) is 0 Å². The predicted octanol–water partition coefficient (Wildman–Crippen LogP) is 13.8. The maximum atomic E-state index is 14.8. The van der Waals surface area contributed by atoms with E-state index in [2.05, 4.69) is 70.5 Å². The Bertz CT molecular complexity index is 3450. The monoisotopic (exact) mass is 1100 g/mol. The Morgan fingerprint density at radius 3 is 1.99 bits per heavy atom. The standard InChI is InChI=1S/C67H62N4O7S2/c1-75-51-34-46(35-52(38-51)76-2)61-36-45(62(78-61)39-63-64(73)71(66(79)80-63)59-33-43-30-31-44(59)32-43)18-12-17-29-60(72)58(69-65(74)77-41-57-55-27-15-13-25-53(55)54-26-14-16-28-56(54)57)37-50-40-70(42-68-50)67(47-19-6-3-7-20-47,48-21-8-4-9-22-48)49-23-10-5-11-24-49/h3-11,13-16,19-28,34-36,38-40,42-44,57-59H,12,17-18,29-33,37,41H2,1-2H3,(H,69,74)/b63-39-/t43?,44?,58-,59?/m0/s1. The van der Waals surface area contributed by atoms with Gasteiger partial charge >= 0.3 is 6.09 Å². The van der Waals surface area contributed by atoms with Crippen LogP contribution in [0.25, 0.3) is 28.5 Å². The zero-order valence-electron chi connectivity index (χ0n) is 44.8. The molecule has 1 saturated heterocycles. The first kappa shape index (κ1) is 52.7. The second kappa shape index (κ2) is 23.0. The van der Waals surface area contributed by atoms with Gasteiger partial charge in [0, 0.05) is 48.7 Å². The number of hydrogen-bond acceptors (Lipinski definition) is 10. The van der Waals surface area contributed by atoms with E-state index in [9.17, 15) is 14.4 Å². The van der Waals surface area contributed by atoms with Crippen LogP contribution >= 0.6 is 24.0 Å². The molecular weight excluding hydrogens is 1040 g/mol. The number of carbonyl (C=O) groups is 3. The average molecular weight is 1100 g/mol. The van der Waals surface area contributed by atoms with Crippen LogP contribution in [-0.4, -0.2) is 69.5 Å². The summed E-state index contributed by atoms with van der Waals surface area (Å²) in [6.07, 6.45) is 11.5. The zero-order valence-corrected chi connectivity index (χ0v) is 46.4. The highest BCUT2D eigenvalue weighted by atomic mass is 32.2. The Morgan fingerprint density at radius 2 is 1.40 bits per heavy atom. The fourth-order valence-corrected chi connectivity index (χ4v) is 14.3. The molecule has 6 aromatic carbocycles. The van der Waals surface area contributed by atoms with E-state index < -0.39 is 17.7 Å². The van der Waals surface area contributed by atoms with E-state index in [1.807, 2.05) is 121 Å². The largest absolute Gasteiger partial charge is 0.497 e. The summed E-state index contributed by atoms with van der Waals surface area (Å²) < 4.78 is 26.7. The lowest BCUT2D eigenvalue weighted by atomic mass is 9.77. The third kappa shape index (κ3) is 10.3. The number of nitrogens with zero attached hydrogens (tertiary/aromatic N) is 3. The Kier molecular flexibility index (Phi) is 15.1. The molecule has 13 heteroatoms. The minimum absolute atomic E-state index is 0.0687. The summed E-state index contributed by atoms with van der Waals surface area (Å²) in [5, 5.41) is 3.02. The number of aryl methyl sites for hydroxylation is 1. The summed E-state index contributed by atoms with van der Waals surface area (Å²) in [4.78, 5) is 50.5. The number of thiocarbonyl (C=S) groups is 1. The van der Waals surface area contributed by atoms with Crippen LogP contribution in [-0.2, 0) is 32.7 Å². The molecule has 1 N–H and O–H groups in total. The van der Waals surface area contributed by atoms with Gasteiger partial charge in [0.15, 0.2) is 5.78 Å². The number of methoxy groups -OCH3 is 2. The molecule has 11 nitrogen and oxygen atoms in total. The van der Waals surface area contributed by atoms with E-state index in [-0.39, 0.29) is 43.1 Å². The van der Waals surface area contributed by atoms with Crippen LogP contribution in [0.1, 0.15) is 95.7 Å². The van der Waals surface area contributed by atoms with Crippen LogP contribution in [0, 0.1) is 11.8 Å². The number of rotatable bonds is 20. The van der Waals surface area contributed by atoms with E-state index >= 15 is 0 Å². The minimum atomic E-state index is -0.954. The molecule has 2 aromatic heterocycles. The van der Waals surface area contributed by atoms with Crippen molar-refractivity contribution in [1.82, 2.24) is 19.8 Å². The van der Waals surface area contributed by atoms with Gasteiger partial charge in [-0.3, -0.25) is 14.5 Å². The van der Waals surface area contributed by atoms with Gasteiger partial charge in [0.05, 0.1) is 37.2 Å². The van der Waals surface area contributed by atoms with Crippen molar-refractivity contribution in [2.75, 3.05) is 20.8 Å². The highest BCUT2D eigenvalue weighted by Gasteiger charge is 2.48. The van der Waals surface area contributed by atoms with Crippen molar-refractivity contribution >= 4 is 52.2 Å². The average Bonchev–Trinajstić information content (AvgIpc) is 4.46. The molecule has 0 radical (unpaired) electrons. The van der Waals surface area contributed by atoms with Gasteiger partial charge in [-0.05, 0) is 113 Å². The van der Waals surface area contributed by atoms with E-state index in [4.69, 9.17) is 35.8 Å². The van der Waals surface area contributed by atoms with Gasteiger partial charge in [-0.15, -0.1) is 0 Å². The van der Waals surface area contributed by atoms with Crippen molar-refractivity contribution in [3.8, 4) is 33.9 Å². The summed E-state index contributed by atoms with van der Waals surface area (Å²) in [6, 6.07) is 54.2. The molecule has 80 heavy (non-hydrogen) atoms. The lowest BCUT2D eigenvalue weighted by Gasteiger charge is -2.37. The number of ketones is 1. The Balaban J connectivity index is 0.813. The lowest BCUT2D eigenvalue weighted by molar-refractivity contribution is -0.124. The zero-order chi connectivity index (χ0) is 54.7. The number of fused-ring (bicyclic) bond motifs is 5. The van der Waals surface area contributed by atoms with Crippen LogP contribution in [0.15, 0.2) is 186 Å². The second-order valence-corrected chi connectivity index (χ2v) is 23.1. The third-order valence-electron chi connectivity index (χ3n) is 16.8. The van der Waals surface area contributed by atoms with Crippen molar-refractivity contribution in [2.24, 2.45) is 11.8 Å². The number of aromatic nitrogens is 2. The molecule has 0 spiro atoms. The van der Waals surface area contributed by atoms with Crippen LogP contribution in [0.4, 0.5) is 4.79 Å². The number of Topliss-reactive ketones (excluding diaryl/α,β-unsaturated/α-hetero) is 1. The molecule has 2 bridgehead atoms. The molecule has 2 saturated carbocycles. The number of nitrogens with one attached hydrogen (secondary N) is 1. The first-order valence-electron chi connectivity index (χ1n) is 27.7. The van der Waals surface area contributed by atoms with Gasteiger partial charge in [0.2, 0.25) is 0 Å². The smallest absolute Gasteiger partial charge is 0.407 e. The van der Waals surface area contributed by atoms with Crippen LogP contribution in [0.3, 0.4) is 0 Å². The Labute approximate surface area is 476 Å². The topological polar surface area (TPSA) is 125 Å². The molecule has 404 valence electrons. The summed E-state index contributed by atoms with van der Waals surface area (Å²) in [7, 11) is 3.21. The summed E-state index contributed by atoms with van der Waals surface area (Å²) in [5.74, 6) is 3.15. The third-order valence-corrected chi connectivity index (χ3v) is 18.1. The van der Waals surface area contributed by atoms with Gasteiger partial charge < -0.3 is 28.5 Å². The van der Waals surface area contributed by atoms with Gasteiger partial charge in [-0.2, -0.15) is 0 Å². The molecule has 4 aliphatic rings. The summed E-state index contributed by atoms with van der Waals surface area (Å²) >= 11 is 7.21. The molecule has 8 aromatic rings. The number of imidazole rings is 1. The van der Waals surface area contributed by atoms with Gasteiger partial charge in [-0.1, -0.05) is 170 Å². The number of benzene rings is 6. The molecule has 3 aliphatic carbocycles. The second-order valence-electron chi connectivity index (χ2n) is 21.4. The first-order valence-corrected chi connectivity index (χ1v) is 28.9. The van der Waals surface area contributed by atoms with Crippen molar-refractivity contribution < 1.29 is 33.0 Å². The van der Waals surface area contributed by atoms with Crippen LogP contribution < -0.4 is 14.8 Å². The maximum absolute atomic E-state index is 14.8. The molecular formula is C67H62N4O7S2. The Hall–Kier alpha value is -8.00. The number of amides is 2. The van der Waals surface area contributed by atoms with E-state index in [0.717, 1.165) is 69.3 Å². The first-order chi connectivity index (χ1) is 39.2. The predicted molar refractivity (Wildman–Crippen MR) is 317 cm³/mol. The van der Waals surface area contributed by atoms with Gasteiger partial charge in [0.1, 0.15) is 39.5 Å². The molecule has 3 heterocycles. The van der Waals surface area contributed by atoms with Crippen LogP contribution in [0.2, 0.25) is 0 Å². The summed E-state index contributed by atoms with van der Waals surface area (Å²) in [6.45, 7) is 0.104. The van der Waals surface area contributed by atoms with Crippen molar-refractivity contribution in [1.29, 1.82) is 0 Å². The van der Waals surface area contributed by atoms with E-state index in [0.29, 0.717) is 69.0 Å². The lowest BCUT2D eigenvalue weighted by Crippen LogP contribution is -2.43. The number of unbranched alkanes of at least 4 members (excludes halogenated alkanes) is 1. The Morgan fingerprint density at radius 1 is 0.787 bits per heavy atom. The molecule has 1 aliphatic heterocycles. The van der Waals surface area contributed by atoms with E-state index in [1.54, 1.807) is 20.3 Å². The number of thioether (sulfide) groups is 1. The fraction of sp³-hybridized carbons (Fsp3) is 0.269. The normalized spacial score (nSPS) is 18.4. The molecule has 2 amide bonds. The quantitative estimate of drug-likeness (QED) is 0.0341. The molecule has 12 rings (SSSR count). The highest BCUT2D eigenvalue weighted by molar-refractivity contribution is 8.26. The molecule has 3 unspecified atom stereocenters. The highest BCUT2D eigenvalue weighted by Crippen LogP contribution is 2.50. The number of alkyl carbamates (subject to hydrolysis) is 1. The number of ether oxygens (including phenoxy) is 3. The van der Waals surface area contributed by atoms with Gasteiger partial charge in [0.25, 0.3) is 5.91 Å². The van der Waals surface area contributed by atoms with Crippen molar-refractivity contribution in [3.05, 3.63) is 226 Å². The van der Waals surface area contributed by atoms with Crippen molar-refractivity contribution in [2.45, 2.75) is 81.3 Å². The van der Waals surface area contributed by atoms with E-state index in [1.165, 1.54) is 18.2 Å². The summed E-state index contributed by atoms with van der Waals surface area (Å²) in [5.41, 5.74) is 9.00. The number of furan rings is 1. The van der Waals surface area contributed by atoms with Gasteiger partial charge in [-0.25, -0.2) is 9.78 Å². The fourth-order valence-electron chi connectivity index (χ4n) is 12.9. The molecule has 4 atom stereocenters. The number of carbonyl (C=O) groups excluding carboxylic acids is 3.